The number of anilines is 1. The number of benzene rings is 2. The number of aromatic nitrogens is 1. The Hall–Kier alpha value is -3.14. The number of pyridine rings is 1. The highest BCUT2D eigenvalue weighted by Crippen LogP contribution is 2.23. The molecule has 3 rings (SSSR count). The number of nitrogens with zero attached hydrogens (tertiary/aromatic N) is 2. The van der Waals surface area contributed by atoms with Crippen molar-refractivity contribution in [2.45, 2.75) is 32.9 Å². The molecule has 1 heterocycles. The molecule has 1 amide bonds. The first-order chi connectivity index (χ1) is 13.6. The smallest absolute Gasteiger partial charge is 0.252 e. The minimum Gasteiger partial charge on any atom is -0.369 e. The Morgan fingerprint density at radius 1 is 0.929 bits per heavy atom. The maximum Gasteiger partial charge on any atom is 0.252 e. The van der Waals surface area contributed by atoms with Gasteiger partial charge in [-0.2, -0.15) is 0 Å². The van der Waals surface area contributed by atoms with Crippen LogP contribution in [-0.2, 0) is 0 Å². The summed E-state index contributed by atoms with van der Waals surface area (Å²) < 4.78 is 0. The number of rotatable bonds is 7. The van der Waals surface area contributed by atoms with Crippen LogP contribution in [0, 0.1) is 0 Å². The topological polar surface area (TPSA) is 45.2 Å². The van der Waals surface area contributed by atoms with E-state index in [9.17, 15) is 4.79 Å². The van der Waals surface area contributed by atoms with Crippen molar-refractivity contribution in [1.82, 2.24) is 10.3 Å². The van der Waals surface area contributed by atoms with Crippen LogP contribution in [0.5, 0.6) is 0 Å². The molecule has 1 aromatic heterocycles. The molecular formula is C24H27N3O. The maximum absolute atomic E-state index is 12.9. The molecule has 144 valence electrons. The summed E-state index contributed by atoms with van der Waals surface area (Å²) in [6, 6.07) is 21.9. The quantitative estimate of drug-likeness (QED) is 0.645. The van der Waals surface area contributed by atoms with Gasteiger partial charge >= 0.3 is 0 Å². The first kappa shape index (κ1) is 19.6. The second-order valence-electron chi connectivity index (χ2n) is 7.02. The Morgan fingerprint density at radius 2 is 1.54 bits per heavy atom. The molecule has 0 saturated carbocycles. The monoisotopic (exact) mass is 373 g/mol. The van der Waals surface area contributed by atoms with Crippen LogP contribution in [0.25, 0.3) is 0 Å². The highest BCUT2D eigenvalue weighted by Gasteiger charge is 2.18. The van der Waals surface area contributed by atoms with E-state index in [1.807, 2.05) is 66.7 Å². The van der Waals surface area contributed by atoms with Gasteiger partial charge in [-0.05, 0) is 68.3 Å². The van der Waals surface area contributed by atoms with Gasteiger partial charge in [-0.15, -0.1) is 0 Å². The summed E-state index contributed by atoms with van der Waals surface area (Å²) >= 11 is 0. The van der Waals surface area contributed by atoms with E-state index in [0.717, 1.165) is 23.4 Å². The van der Waals surface area contributed by atoms with Gasteiger partial charge in [0.05, 0.1) is 6.04 Å². The summed E-state index contributed by atoms with van der Waals surface area (Å²) in [6.45, 7) is 7.41. The van der Waals surface area contributed by atoms with Crippen LogP contribution < -0.4 is 10.2 Å². The van der Waals surface area contributed by atoms with Gasteiger partial charge in [-0.25, -0.2) is 0 Å². The van der Waals surface area contributed by atoms with Crippen molar-refractivity contribution in [2.75, 3.05) is 11.4 Å². The van der Waals surface area contributed by atoms with E-state index in [-0.39, 0.29) is 11.9 Å². The average molecular weight is 374 g/mol. The highest BCUT2D eigenvalue weighted by atomic mass is 16.1. The van der Waals surface area contributed by atoms with E-state index in [1.165, 1.54) is 0 Å². The van der Waals surface area contributed by atoms with Crippen molar-refractivity contribution in [2.24, 2.45) is 0 Å². The summed E-state index contributed by atoms with van der Waals surface area (Å²) in [5, 5.41) is 3.17. The van der Waals surface area contributed by atoms with Gasteiger partial charge in [0.2, 0.25) is 0 Å². The van der Waals surface area contributed by atoms with Crippen LogP contribution >= 0.6 is 0 Å². The van der Waals surface area contributed by atoms with Crippen molar-refractivity contribution in [3.63, 3.8) is 0 Å². The van der Waals surface area contributed by atoms with Gasteiger partial charge in [0.15, 0.2) is 0 Å². The van der Waals surface area contributed by atoms with Crippen molar-refractivity contribution >= 4 is 11.6 Å². The van der Waals surface area contributed by atoms with Crippen LogP contribution in [-0.4, -0.2) is 23.5 Å². The van der Waals surface area contributed by atoms with Crippen LogP contribution in [0.1, 0.15) is 48.3 Å². The van der Waals surface area contributed by atoms with E-state index in [1.54, 1.807) is 12.4 Å². The fourth-order valence-electron chi connectivity index (χ4n) is 3.43. The Labute approximate surface area is 167 Å². The van der Waals surface area contributed by atoms with Gasteiger partial charge in [-0.3, -0.25) is 9.78 Å². The van der Waals surface area contributed by atoms with E-state index in [2.05, 4.69) is 36.0 Å². The SMILES string of the molecule is CCN(c1ccc(C(=O)NC(c2ccccc2)c2ccncc2)cc1)C(C)C. The molecule has 4 heteroatoms. The van der Waals surface area contributed by atoms with Gasteiger partial charge in [-0.1, -0.05) is 30.3 Å². The zero-order chi connectivity index (χ0) is 19.9. The van der Waals surface area contributed by atoms with Gasteiger partial charge in [0.25, 0.3) is 5.91 Å². The predicted molar refractivity (Wildman–Crippen MR) is 115 cm³/mol. The van der Waals surface area contributed by atoms with Crippen molar-refractivity contribution < 1.29 is 4.79 Å². The third-order valence-electron chi connectivity index (χ3n) is 4.87. The summed E-state index contributed by atoms with van der Waals surface area (Å²) in [6.07, 6.45) is 3.49. The van der Waals surface area contributed by atoms with Crippen molar-refractivity contribution in [1.29, 1.82) is 0 Å². The number of hydrogen-bond donors (Lipinski definition) is 1. The molecule has 2 aromatic carbocycles. The van der Waals surface area contributed by atoms with Gasteiger partial charge in [0, 0.05) is 36.2 Å². The Bertz CT molecular complexity index is 837. The highest BCUT2D eigenvalue weighted by molar-refractivity contribution is 5.95. The first-order valence-electron chi connectivity index (χ1n) is 9.72. The Kier molecular flexibility index (Phi) is 6.43. The van der Waals surface area contributed by atoms with Crippen LogP contribution in [0.15, 0.2) is 79.1 Å². The molecule has 0 spiro atoms. The minimum absolute atomic E-state index is 0.0928. The molecule has 0 aliphatic heterocycles. The first-order valence-corrected chi connectivity index (χ1v) is 9.72. The van der Waals surface area contributed by atoms with Crippen LogP contribution in [0.3, 0.4) is 0 Å². The fraction of sp³-hybridized carbons (Fsp3) is 0.250. The van der Waals surface area contributed by atoms with E-state index in [0.29, 0.717) is 11.6 Å². The third kappa shape index (κ3) is 4.58. The summed E-state index contributed by atoms with van der Waals surface area (Å²) in [5.41, 5.74) is 3.82. The standard InChI is InChI=1S/C24H27N3O/c1-4-27(18(2)3)22-12-10-21(11-13-22)24(28)26-23(19-8-6-5-7-9-19)20-14-16-25-17-15-20/h5-18,23H,4H2,1-3H3,(H,26,28). The van der Waals surface area contributed by atoms with Gasteiger partial charge in [0.1, 0.15) is 0 Å². The second kappa shape index (κ2) is 9.18. The molecule has 1 N–H and O–H groups in total. The lowest BCUT2D eigenvalue weighted by Crippen LogP contribution is -2.31. The molecule has 1 unspecified atom stereocenters. The molecule has 3 aromatic rings. The predicted octanol–water partition coefficient (Wildman–Crippen LogP) is 4.84. The zero-order valence-electron chi connectivity index (χ0n) is 16.7. The van der Waals surface area contributed by atoms with E-state index >= 15 is 0 Å². The molecule has 4 nitrogen and oxygen atoms in total. The molecule has 0 radical (unpaired) electrons. The molecule has 0 fully saturated rings. The minimum atomic E-state index is -0.223. The normalized spacial score (nSPS) is 11.9. The molecule has 0 aliphatic rings. The molecule has 28 heavy (non-hydrogen) atoms. The average Bonchev–Trinajstić information content (AvgIpc) is 2.74. The summed E-state index contributed by atoms with van der Waals surface area (Å²) in [5.74, 6) is -0.0928. The van der Waals surface area contributed by atoms with Crippen molar-refractivity contribution in [3.8, 4) is 0 Å². The fourth-order valence-corrected chi connectivity index (χ4v) is 3.43. The Morgan fingerprint density at radius 3 is 2.11 bits per heavy atom. The van der Waals surface area contributed by atoms with E-state index < -0.39 is 0 Å². The summed E-state index contributed by atoms with van der Waals surface area (Å²) in [7, 11) is 0. The van der Waals surface area contributed by atoms with E-state index in [4.69, 9.17) is 0 Å². The van der Waals surface area contributed by atoms with Crippen molar-refractivity contribution in [3.05, 3.63) is 95.8 Å². The molecular weight excluding hydrogens is 346 g/mol. The molecule has 0 aliphatic carbocycles. The largest absolute Gasteiger partial charge is 0.369 e. The second-order valence-corrected chi connectivity index (χ2v) is 7.02. The summed E-state index contributed by atoms with van der Waals surface area (Å²) in [4.78, 5) is 19.3. The molecule has 1 atom stereocenters. The third-order valence-corrected chi connectivity index (χ3v) is 4.87. The number of hydrogen-bond acceptors (Lipinski definition) is 3. The maximum atomic E-state index is 12.9. The Balaban J connectivity index is 1.83. The lowest BCUT2D eigenvalue weighted by Gasteiger charge is -2.27. The van der Waals surface area contributed by atoms with Crippen LogP contribution in [0.2, 0.25) is 0 Å². The zero-order valence-corrected chi connectivity index (χ0v) is 16.7. The molecule has 0 saturated heterocycles. The van der Waals surface area contributed by atoms with Gasteiger partial charge < -0.3 is 10.2 Å². The van der Waals surface area contributed by atoms with Crippen LogP contribution in [0.4, 0.5) is 5.69 Å². The number of amides is 1. The number of nitrogens with one attached hydrogen (secondary N) is 1. The lowest BCUT2D eigenvalue weighted by atomic mass is 9.99. The number of carbonyl (C=O) groups is 1. The lowest BCUT2D eigenvalue weighted by molar-refractivity contribution is 0.0943. The number of carbonyl (C=O) groups excluding carboxylic acids is 1. The molecule has 0 bridgehead atoms.